The summed E-state index contributed by atoms with van der Waals surface area (Å²) >= 11 is 1.32. The van der Waals surface area contributed by atoms with E-state index >= 15 is 0 Å². The van der Waals surface area contributed by atoms with Crippen LogP contribution in [-0.4, -0.2) is 17.2 Å². The van der Waals surface area contributed by atoms with E-state index in [4.69, 9.17) is 5.73 Å². The number of carbonyl (C=O) groups excluding carboxylic acids is 2. The molecule has 5 heteroatoms. The Morgan fingerprint density at radius 3 is 2.85 bits per heavy atom. The van der Waals surface area contributed by atoms with Gasteiger partial charge in [0, 0.05) is 28.9 Å². The first-order valence-corrected chi connectivity index (χ1v) is 6.73. The molecule has 98 valence electrons. The number of amides is 1. The molecule has 0 bridgehead atoms. The number of aldehydes is 1. The Kier molecular flexibility index (Phi) is 3.04. The quantitative estimate of drug-likeness (QED) is 0.751. The molecule has 2 heterocycles. The van der Waals surface area contributed by atoms with Crippen LogP contribution in [0, 0.1) is 0 Å². The highest BCUT2D eigenvalue weighted by molar-refractivity contribution is 7.20. The van der Waals surface area contributed by atoms with E-state index in [1.54, 1.807) is 30.6 Å². The molecule has 3 aromatic rings. The van der Waals surface area contributed by atoms with Gasteiger partial charge in [-0.25, -0.2) is 0 Å². The van der Waals surface area contributed by atoms with Crippen molar-refractivity contribution >= 4 is 33.6 Å². The molecule has 0 aliphatic rings. The van der Waals surface area contributed by atoms with Crippen LogP contribution in [0.5, 0.6) is 0 Å². The predicted octanol–water partition coefficient (Wildman–Crippen LogP) is 2.87. The maximum absolute atomic E-state index is 11.3. The summed E-state index contributed by atoms with van der Waals surface area (Å²) in [5, 5.41) is 0.918. The molecular formula is C15H10N2O2S. The fourth-order valence-corrected chi connectivity index (χ4v) is 3.00. The van der Waals surface area contributed by atoms with Crippen LogP contribution in [-0.2, 0) is 0 Å². The lowest BCUT2D eigenvalue weighted by molar-refractivity contribution is 0.100. The Hall–Kier alpha value is -2.53. The molecule has 0 unspecified atom stereocenters. The Balaban J connectivity index is 2.24. The van der Waals surface area contributed by atoms with E-state index in [0.29, 0.717) is 10.4 Å². The van der Waals surface area contributed by atoms with E-state index < -0.39 is 5.91 Å². The van der Waals surface area contributed by atoms with Crippen molar-refractivity contribution in [1.82, 2.24) is 4.98 Å². The molecule has 4 nitrogen and oxygen atoms in total. The number of nitrogens with two attached hydrogens (primary N) is 1. The number of carbonyl (C=O) groups is 2. The molecule has 0 saturated heterocycles. The number of fused-ring (bicyclic) bond motifs is 1. The van der Waals surface area contributed by atoms with Gasteiger partial charge in [-0.15, -0.1) is 11.3 Å². The molecule has 0 atom stereocenters. The van der Waals surface area contributed by atoms with Crippen LogP contribution < -0.4 is 5.73 Å². The van der Waals surface area contributed by atoms with Crippen molar-refractivity contribution in [2.45, 2.75) is 0 Å². The van der Waals surface area contributed by atoms with Crippen molar-refractivity contribution in [1.29, 1.82) is 0 Å². The van der Waals surface area contributed by atoms with Crippen molar-refractivity contribution in [3.63, 3.8) is 0 Å². The Morgan fingerprint density at radius 1 is 1.25 bits per heavy atom. The summed E-state index contributed by atoms with van der Waals surface area (Å²) < 4.78 is 0.896. The summed E-state index contributed by atoms with van der Waals surface area (Å²) in [5.41, 5.74) is 7.69. The molecular weight excluding hydrogens is 272 g/mol. The van der Waals surface area contributed by atoms with Crippen molar-refractivity contribution < 1.29 is 9.59 Å². The maximum Gasteiger partial charge on any atom is 0.258 e. The van der Waals surface area contributed by atoms with Gasteiger partial charge in [-0.05, 0) is 17.7 Å². The van der Waals surface area contributed by atoms with Crippen LogP contribution in [0.15, 0.2) is 42.7 Å². The molecule has 2 N–H and O–H groups in total. The number of primary amides is 1. The minimum absolute atomic E-state index is 0.446. The average molecular weight is 282 g/mol. The van der Waals surface area contributed by atoms with Crippen molar-refractivity contribution in [3.05, 3.63) is 53.2 Å². The van der Waals surface area contributed by atoms with E-state index in [1.807, 2.05) is 12.1 Å². The van der Waals surface area contributed by atoms with Gasteiger partial charge in [0.2, 0.25) is 0 Å². The molecule has 3 rings (SSSR count). The number of benzene rings is 1. The van der Waals surface area contributed by atoms with Gasteiger partial charge in [0.15, 0.2) is 0 Å². The fourth-order valence-electron chi connectivity index (χ4n) is 2.09. The number of aromatic nitrogens is 1. The van der Waals surface area contributed by atoms with Crippen molar-refractivity contribution in [2.75, 3.05) is 0 Å². The predicted molar refractivity (Wildman–Crippen MR) is 79.0 cm³/mol. The molecule has 0 saturated carbocycles. The third-order valence-electron chi connectivity index (χ3n) is 3.02. The highest BCUT2D eigenvalue weighted by Crippen LogP contribution is 2.33. The standard InChI is InChI=1S/C15H10N2O2S/c16-15(19)13-5-11-12(6-17-7-14(11)20-13)10-3-1-2-9(4-10)8-18/h1-8H,(H2,16,19). The number of nitrogens with zero attached hydrogens (tertiary/aromatic N) is 1. The molecule has 20 heavy (non-hydrogen) atoms. The topological polar surface area (TPSA) is 73.1 Å². The van der Waals surface area contributed by atoms with Gasteiger partial charge in [-0.1, -0.05) is 18.2 Å². The second kappa shape index (κ2) is 4.86. The van der Waals surface area contributed by atoms with Crippen molar-refractivity contribution in [2.24, 2.45) is 5.73 Å². The maximum atomic E-state index is 11.3. The molecule has 0 radical (unpaired) electrons. The monoisotopic (exact) mass is 282 g/mol. The number of pyridine rings is 1. The summed E-state index contributed by atoms with van der Waals surface area (Å²) in [6, 6.07) is 9.04. The average Bonchev–Trinajstić information content (AvgIpc) is 2.91. The summed E-state index contributed by atoms with van der Waals surface area (Å²) in [7, 11) is 0. The summed E-state index contributed by atoms with van der Waals surface area (Å²) in [4.78, 5) is 26.8. The third-order valence-corrected chi connectivity index (χ3v) is 4.11. The summed E-state index contributed by atoms with van der Waals surface area (Å²) in [6.45, 7) is 0. The first kappa shape index (κ1) is 12.5. The Bertz CT molecular complexity index is 824. The van der Waals surface area contributed by atoms with Crippen LogP contribution in [0.2, 0.25) is 0 Å². The van der Waals surface area contributed by atoms with E-state index in [9.17, 15) is 9.59 Å². The van der Waals surface area contributed by atoms with Gasteiger partial charge >= 0.3 is 0 Å². The smallest absolute Gasteiger partial charge is 0.258 e. The molecule has 1 amide bonds. The summed E-state index contributed by atoms with van der Waals surface area (Å²) in [5.74, 6) is -0.446. The van der Waals surface area contributed by atoms with Gasteiger partial charge in [-0.3, -0.25) is 14.6 Å². The lowest BCUT2D eigenvalue weighted by atomic mass is 10.0. The largest absolute Gasteiger partial charge is 0.365 e. The SMILES string of the molecule is NC(=O)c1cc2c(-c3cccc(C=O)c3)cncc2s1. The Labute approximate surface area is 118 Å². The molecule has 0 spiro atoms. The van der Waals surface area contributed by atoms with E-state index in [1.165, 1.54) is 11.3 Å². The first-order valence-electron chi connectivity index (χ1n) is 5.92. The minimum Gasteiger partial charge on any atom is -0.365 e. The number of rotatable bonds is 3. The molecule has 0 aliphatic heterocycles. The second-order valence-electron chi connectivity index (χ2n) is 4.32. The zero-order valence-electron chi connectivity index (χ0n) is 10.4. The van der Waals surface area contributed by atoms with E-state index in [2.05, 4.69) is 4.98 Å². The van der Waals surface area contributed by atoms with Crippen LogP contribution in [0.25, 0.3) is 21.2 Å². The van der Waals surface area contributed by atoms with Crippen LogP contribution >= 0.6 is 11.3 Å². The normalized spacial score (nSPS) is 10.6. The number of hydrogen-bond donors (Lipinski definition) is 1. The lowest BCUT2D eigenvalue weighted by Crippen LogP contribution is -2.08. The van der Waals surface area contributed by atoms with Gasteiger partial charge in [0.05, 0.1) is 9.58 Å². The highest BCUT2D eigenvalue weighted by Gasteiger charge is 2.11. The Morgan fingerprint density at radius 2 is 2.10 bits per heavy atom. The molecule has 1 aromatic carbocycles. The van der Waals surface area contributed by atoms with Gasteiger partial charge in [-0.2, -0.15) is 0 Å². The fraction of sp³-hybridized carbons (Fsp3) is 0. The lowest BCUT2D eigenvalue weighted by Gasteiger charge is -2.03. The van der Waals surface area contributed by atoms with E-state index in [0.717, 1.165) is 27.5 Å². The van der Waals surface area contributed by atoms with Gasteiger partial charge in [0.25, 0.3) is 5.91 Å². The highest BCUT2D eigenvalue weighted by atomic mass is 32.1. The van der Waals surface area contributed by atoms with Crippen LogP contribution in [0.1, 0.15) is 20.0 Å². The first-order chi connectivity index (χ1) is 9.69. The third kappa shape index (κ3) is 2.08. The number of thiophene rings is 1. The minimum atomic E-state index is -0.446. The van der Waals surface area contributed by atoms with Crippen molar-refractivity contribution in [3.8, 4) is 11.1 Å². The molecule has 2 aromatic heterocycles. The summed E-state index contributed by atoms with van der Waals surface area (Å²) in [6.07, 6.45) is 4.24. The molecule has 0 fully saturated rings. The van der Waals surface area contributed by atoms with Gasteiger partial charge in [0.1, 0.15) is 6.29 Å². The number of hydrogen-bond acceptors (Lipinski definition) is 4. The zero-order valence-corrected chi connectivity index (χ0v) is 11.2. The molecule has 0 aliphatic carbocycles. The van der Waals surface area contributed by atoms with Crippen LogP contribution in [0.3, 0.4) is 0 Å². The van der Waals surface area contributed by atoms with Gasteiger partial charge < -0.3 is 5.73 Å². The second-order valence-corrected chi connectivity index (χ2v) is 5.40. The van der Waals surface area contributed by atoms with E-state index in [-0.39, 0.29) is 0 Å². The zero-order chi connectivity index (χ0) is 14.1. The van der Waals surface area contributed by atoms with Crippen LogP contribution in [0.4, 0.5) is 0 Å².